The van der Waals surface area contributed by atoms with Gasteiger partial charge in [-0.05, 0) is 13.0 Å². The molecule has 0 spiro atoms. The van der Waals surface area contributed by atoms with Crippen LogP contribution in [0.4, 0.5) is 0 Å². The van der Waals surface area contributed by atoms with Crippen LogP contribution >= 0.6 is 24.2 Å². The monoisotopic (exact) mass is 309 g/mol. The maximum atomic E-state index is 11.6. The molecule has 0 radical (unpaired) electrons. The highest BCUT2D eigenvalue weighted by Crippen LogP contribution is 2.22. The average molecular weight is 310 g/mol. The lowest BCUT2D eigenvalue weighted by Gasteiger charge is -2.27. The highest BCUT2D eigenvalue weighted by Gasteiger charge is 2.13. The molecule has 1 amide bonds. The van der Waals surface area contributed by atoms with E-state index in [1.165, 1.54) is 0 Å². The first kappa shape index (κ1) is 19.0. The van der Waals surface area contributed by atoms with Crippen molar-refractivity contribution in [3.63, 3.8) is 0 Å². The molecule has 0 aromatic heterocycles. The summed E-state index contributed by atoms with van der Waals surface area (Å²) in [5.41, 5.74) is 0. The lowest BCUT2D eigenvalue weighted by molar-refractivity contribution is -0.118. The third-order valence-electron chi connectivity index (χ3n) is 2.82. The molecule has 1 saturated heterocycles. The lowest BCUT2D eigenvalue weighted by atomic mass is 10.3. The first-order valence-electron chi connectivity index (χ1n) is 6.81. The molecule has 6 heteroatoms. The van der Waals surface area contributed by atoms with Gasteiger partial charge in [0.1, 0.15) is 0 Å². The van der Waals surface area contributed by atoms with Gasteiger partial charge in [-0.25, -0.2) is 0 Å². The number of rotatable bonds is 6. The van der Waals surface area contributed by atoms with Crippen LogP contribution in [0.15, 0.2) is 0 Å². The summed E-state index contributed by atoms with van der Waals surface area (Å²) >= 11 is 1.70. The van der Waals surface area contributed by atoms with Crippen LogP contribution in [-0.4, -0.2) is 60.6 Å². The standard InChI is InChI=1S/C13H27N3OS.ClH/c1-13(2,3)18-11-12(17)15-5-4-8-16-9-6-14-7-10-16;/h14H,4-11H2,1-3H3,(H,15,17);1H. The zero-order valence-corrected chi connectivity index (χ0v) is 14.0. The summed E-state index contributed by atoms with van der Waals surface area (Å²) in [7, 11) is 0. The first-order chi connectivity index (χ1) is 8.47. The molecule has 0 atom stereocenters. The maximum Gasteiger partial charge on any atom is 0.230 e. The molecule has 4 nitrogen and oxygen atoms in total. The largest absolute Gasteiger partial charge is 0.355 e. The normalized spacial score (nSPS) is 16.8. The highest BCUT2D eigenvalue weighted by atomic mass is 35.5. The number of piperazine rings is 1. The molecule has 1 fully saturated rings. The number of halogens is 1. The molecule has 1 heterocycles. The van der Waals surface area contributed by atoms with E-state index in [9.17, 15) is 4.79 Å². The van der Waals surface area contributed by atoms with Gasteiger partial charge < -0.3 is 15.5 Å². The van der Waals surface area contributed by atoms with Gasteiger partial charge in [-0.3, -0.25) is 4.79 Å². The van der Waals surface area contributed by atoms with Crippen LogP contribution in [0.3, 0.4) is 0 Å². The summed E-state index contributed by atoms with van der Waals surface area (Å²) in [6.45, 7) is 12.7. The third-order valence-corrected chi connectivity index (χ3v) is 4.09. The maximum absolute atomic E-state index is 11.6. The van der Waals surface area contributed by atoms with Crippen molar-refractivity contribution in [2.45, 2.75) is 31.9 Å². The Labute approximate surface area is 127 Å². The number of hydrogen-bond donors (Lipinski definition) is 2. The first-order valence-corrected chi connectivity index (χ1v) is 7.80. The Morgan fingerprint density at radius 2 is 1.95 bits per heavy atom. The topological polar surface area (TPSA) is 44.4 Å². The Kier molecular flexibility index (Phi) is 9.87. The molecular weight excluding hydrogens is 282 g/mol. The Morgan fingerprint density at radius 3 is 2.53 bits per heavy atom. The van der Waals surface area contributed by atoms with Crippen molar-refractivity contribution in [3.8, 4) is 0 Å². The van der Waals surface area contributed by atoms with Gasteiger partial charge in [0.2, 0.25) is 5.91 Å². The minimum Gasteiger partial charge on any atom is -0.355 e. The summed E-state index contributed by atoms with van der Waals surface area (Å²) in [5.74, 6) is 0.729. The number of amides is 1. The predicted octanol–water partition coefficient (Wildman–Crippen LogP) is 1.35. The zero-order valence-electron chi connectivity index (χ0n) is 12.3. The second kappa shape index (κ2) is 9.86. The average Bonchev–Trinajstić information content (AvgIpc) is 2.33. The smallest absolute Gasteiger partial charge is 0.230 e. The van der Waals surface area contributed by atoms with Gasteiger partial charge in [-0.1, -0.05) is 20.8 Å². The fourth-order valence-electron chi connectivity index (χ4n) is 1.80. The van der Waals surface area contributed by atoms with E-state index in [0.29, 0.717) is 5.75 Å². The molecule has 0 aromatic rings. The SMILES string of the molecule is CC(C)(C)SCC(=O)NCCCN1CCNCC1.Cl. The van der Waals surface area contributed by atoms with Gasteiger partial charge in [0, 0.05) is 37.5 Å². The molecule has 0 aliphatic carbocycles. The molecular formula is C13H28ClN3OS. The van der Waals surface area contributed by atoms with Crippen LogP contribution in [0, 0.1) is 0 Å². The van der Waals surface area contributed by atoms with E-state index in [4.69, 9.17) is 0 Å². The van der Waals surface area contributed by atoms with E-state index in [1.54, 1.807) is 11.8 Å². The van der Waals surface area contributed by atoms with Crippen LogP contribution in [-0.2, 0) is 4.79 Å². The molecule has 2 N–H and O–H groups in total. The summed E-state index contributed by atoms with van der Waals surface area (Å²) in [5, 5.41) is 6.33. The van der Waals surface area contributed by atoms with Crippen LogP contribution in [0.1, 0.15) is 27.2 Å². The molecule has 114 valence electrons. The van der Waals surface area contributed by atoms with Crippen molar-refractivity contribution in [3.05, 3.63) is 0 Å². The van der Waals surface area contributed by atoms with Gasteiger partial charge >= 0.3 is 0 Å². The van der Waals surface area contributed by atoms with Crippen molar-refractivity contribution >= 4 is 30.1 Å². The minimum atomic E-state index is 0. The van der Waals surface area contributed by atoms with Gasteiger partial charge in [0.05, 0.1) is 5.75 Å². The predicted molar refractivity (Wildman–Crippen MR) is 86.4 cm³/mol. The van der Waals surface area contributed by atoms with E-state index in [-0.39, 0.29) is 23.1 Å². The summed E-state index contributed by atoms with van der Waals surface area (Å²) in [6.07, 6.45) is 1.05. The van der Waals surface area contributed by atoms with E-state index in [0.717, 1.165) is 45.7 Å². The molecule has 19 heavy (non-hydrogen) atoms. The highest BCUT2D eigenvalue weighted by molar-refractivity contribution is 8.01. The molecule has 1 aliphatic rings. The van der Waals surface area contributed by atoms with Gasteiger partial charge in [-0.2, -0.15) is 0 Å². The number of carbonyl (C=O) groups excluding carboxylic acids is 1. The Bertz CT molecular complexity index is 253. The second-order valence-corrected chi connectivity index (χ2v) is 7.50. The summed E-state index contributed by atoms with van der Waals surface area (Å²) < 4.78 is 0.165. The summed E-state index contributed by atoms with van der Waals surface area (Å²) in [6, 6.07) is 0. The van der Waals surface area contributed by atoms with E-state index in [1.807, 2.05) is 0 Å². The van der Waals surface area contributed by atoms with E-state index in [2.05, 4.69) is 36.3 Å². The van der Waals surface area contributed by atoms with E-state index < -0.39 is 0 Å². The zero-order chi connectivity index (χ0) is 13.4. The molecule has 1 aliphatic heterocycles. The van der Waals surface area contributed by atoms with Gasteiger partial charge in [0.25, 0.3) is 0 Å². The Morgan fingerprint density at radius 1 is 1.32 bits per heavy atom. The van der Waals surface area contributed by atoms with Crippen molar-refractivity contribution in [2.75, 3.05) is 45.0 Å². The number of nitrogens with zero attached hydrogens (tertiary/aromatic N) is 1. The number of hydrogen-bond acceptors (Lipinski definition) is 4. The van der Waals surface area contributed by atoms with Gasteiger partial charge in [0.15, 0.2) is 0 Å². The fraction of sp³-hybridized carbons (Fsp3) is 0.923. The van der Waals surface area contributed by atoms with E-state index >= 15 is 0 Å². The number of thioether (sulfide) groups is 1. The van der Waals surface area contributed by atoms with Crippen molar-refractivity contribution in [1.82, 2.24) is 15.5 Å². The molecule has 0 unspecified atom stereocenters. The quantitative estimate of drug-likeness (QED) is 0.727. The van der Waals surface area contributed by atoms with Gasteiger partial charge in [-0.15, -0.1) is 24.2 Å². The van der Waals surface area contributed by atoms with Crippen LogP contribution in [0.5, 0.6) is 0 Å². The lowest BCUT2D eigenvalue weighted by Crippen LogP contribution is -2.44. The molecule has 1 rings (SSSR count). The number of carbonyl (C=O) groups is 1. The molecule has 0 saturated carbocycles. The summed E-state index contributed by atoms with van der Waals surface area (Å²) in [4.78, 5) is 14.0. The Hall–Kier alpha value is 0.0300. The van der Waals surface area contributed by atoms with Crippen molar-refractivity contribution in [2.24, 2.45) is 0 Å². The van der Waals surface area contributed by atoms with Crippen LogP contribution < -0.4 is 10.6 Å². The Balaban J connectivity index is 0.00000324. The van der Waals surface area contributed by atoms with Crippen LogP contribution in [0.25, 0.3) is 0 Å². The van der Waals surface area contributed by atoms with Crippen LogP contribution in [0.2, 0.25) is 0 Å². The van der Waals surface area contributed by atoms with Crippen molar-refractivity contribution in [1.29, 1.82) is 0 Å². The molecule has 0 aromatic carbocycles. The second-order valence-electron chi connectivity index (χ2n) is 5.70. The fourth-order valence-corrected chi connectivity index (χ4v) is 2.46. The molecule has 0 bridgehead atoms. The third kappa shape index (κ3) is 10.5. The number of nitrogens with one attached hydrogen (secondary N) is 2. The van der Waals surface area contributed by atoms with Crippen molar-refractivity contribution < 1.29 is 4.79 Å². The minimum absolute atomic E-state index is 0.